The third kappa shape index (κ3) is 4.42. The summed E-state index contributed by atoms with van der Waals surface area (Å²) >= 11 is 1.29. The SMILES string of the molecule is Cc1nc(C)c(C(=O)C2=C(O)C(=O)N(CCCN3CCOCC3)[C@H]2c2ccccc2)s1. The van der Waals surface area contributed by atoms with E-state index in [0.717, 1.165) is 49.8 Å². The highest BCUT2D eigenvalue weighted by Gasteiger charge is 2.44. The average Bonchev–Trinajstić information content (AvgIpc) is 3.25. The number of aryl methyl sites for hydroxylation is 2. The standard InChI is InChI=1S/C23H27N3O4S/c1-15-22(31-16(2)24-15)20(27)18-19(17-7-4-3-5-8-17)26(23(29)21(18)28)10-6-9-25-11-13-30-14-12-25/h3-5,7-8,19,28H,6,9-14H2,1-2H3/t19-/m0/s1. The van der Waals surface area contributed by atoms with Crippen molar-refractivity contribution in [1.29, 1.82) is 0 Å². The number of benzene rings is 1. The number of aliphatic hydroxyl groups excluding tert-OH is 1. The van der Waals surface area contributed by atoms with Gasteiger partial charge >= 0.3 is 0 Å². The first-order chi connectivity index (χ1) is 15.0. The molecule has 31 heavy (non-hydrogen) atoms. The molecule has 2 aliphatic rings. The van der Waals surface area contributed by atoms with E-state index in [2.05, 4.69) is 9.88 Å². The number of rotatable bonds is 7. The van der Waals surface area contributed by atoms with E-state index in [9.17, 15) is 14.7 Å². The van der Waals surface area contributed by atoms with Crippen LogP contribution in [0.25, 0.3) is 0 Å². The van der Waals surface area contributed by atoms with E-state index in [1.165, 1.54) is 11.3 Å². The van der Waals surface area contributed by atoms with Gasteiger partial charge in [0.1, 0.15) is 0 Å². The van der Waals surface area contributed by atoms with Crippen molar-refractivity contribution in [3.63, 3.8) is 0 Å². The molecule has 2 aromatic rings. The van der Waals surface area contributed by atoms with Crippen LogP contribution in [0.2, 0.25) is 0 Å². The van der Waals surface area contributed by atoms with Gasteiger partial charge in [-0.05, 0) is 25.8 Å². The van der Waals surface area contributed by atoms with Crippen LogP contribution in [0.3, 0.4) is 0 Å². The van der Waals surface area contributed by atoms with E-state index in [-0.39, 0.29) is 11.4 Å². The van der Waals surface area contributed by atoms with Crippen LogP contribution < -0.4 is 0 Å². The predicted molar refractivity (Wildman–Crippen MR) is 118 cm³/mol. The Balaban J connectivity index is 1.61. The number of hydrogen-bond donors (Lipinski definition) is 1. The molecule has 1 atom stereocenters. The number of thiazole rings is 1. The van der Waals surface area contributed by atoms with E-state index < -0.39 is 17.7 Å². The first-order valence-electron chi connectivity index (χ1n) is 10.5. The quantitative estimate of drug-likeness (QED) is 0.665. The molecule has 164 valence electrons. The van der Waals surface area contributed by atoms with Gasteiger partial charge in [0.25, 0.3) is 5.91 Å². The lowest BCUT2D eigenvalue weighted by Gasteiger charge is -2.30. The van der Waals surface area contributed by atoms with Gasteiger partial charge in [-0.2, -0.15) is 0 Å². The van der Waals surface area contributed by atoms with Gasteiger partial charge in [-0.3, -0.25) is 14.5 Å². The molecule has 1 amide bonds. The van der Waals surface area contributed by atoms with E-state index in [1.807, 2.05) is 37.3 Å². The van der Waals surface area contributed by atoms with Crippen molar-refractivity contribution in [1.82, 2.24) is 14.8 Å². The molecule has 0 unspecified atom stereocenters. The number of amides is 1. The Morgan fingerprint density at radius 2 is 1.90 bits per heavy atom. The number of aromatic nitrogens is 1. The summed E-state index contributed by atoms with van der Waals surface area (Å²) in [6.07, 6.45) is 0.752. The minimum absolute atomic E-state index is 0.148. The van der Waals surface area contributed by atoms with Crippen molar-refractivity contribution in [2.45, 2.75) is 26.3 Å². The van der Waals surface area contributed by atoms with Crippen molar-refractivity contribution in [2.75, 3.05) is 39.4 Å². The third-order valence-electron chi connectivity index (χ3n) is 5.75. The lowest BCUT2D eigenvalue weighted by molar-refractivity contribution is -0.129. The Morgan fingerprint density at radius 1 is 1.19 bits per heavy atom. The minimum atomic E-state index is -0.604. The lowest BCUT2D eigenvalue weighted by atomic mass is 9.95. The zero-order chi connectivity index (χ0) is 22.0. The van der Waals surface area contributed by atoms with Crippen LogP contribution in [0, 0.1) is 13.8 Å². The van der Waals surface area contributed by atoms with E-state index >= 15 is 0 Å². The molecule has 1 aromatic carbocycles. The van der Waals surface area contributed by atoms with Crippen LogP contribution in [0.15, 0.2) is 41.7 Å². The fourth-order valence-electron chi connectivity index (χ4n) is 4.25. The first kappa shape index (κ1) is 21.7. The second kappa shape index (κ2) is 9.30. The molecule has 1 saturated heterocycles. The smallest absolute Gasteiger partial charge is 0.290 e. The largest absolute Gasteiger partial charge is 0.503 e. The third-order valence-corrected chi connectivity index (χ3v) is 6.82. The molecule has 0 saturated carbocycles. The van der Waals surface area contributed by atoms with E-state index in [4.69, 9.17) is 4.74 Å². The van der Waals surface area contributed by atoms with Crippen LogP contribution in [0.4, 0.5) is 0 Å². The molecule has 0 aliphatic carbocycles. The normalized spacial score (nSPS) is 20.0. The summed E-state index contributed by atoms with van der Waals surface area (Å²) in [5.41, 5.74) is 1.58. The maximum Gasteiger partial charge on any atom is 0.290 e. The van der Waals surface area contributed by atoms with E-state index in [0.29, 0.717) is 17.1 Å². The maximum absolute atomic E-state index is 13.4. The zero-order valence-electron chi connectivity index (χ0n) is 17.8. The molecule has 3 heterocycles. The second-order valence-corrected chi connectivity index (χ2v) is 9.06. The number of Topliss-reactive ketones (excluding diaryl/α,β-unsaturated/α-hetero) is 1. The molecular weight excluding hydrogens is 414 g/mol. The van der Waals surface area contributed by atoms with Gasteiger partial charge in [0.05, 0.1) is 40.4 Å². The highest BCUT2D eigenvalue weighted by Crippen LogP contribution is 2.40. The molecule has 8 heteroatoms. The van der Waals surface area contributed by atoms with Gasteiger partial charge < -0.3 is 14.7 Å². The van der Waals surface area contributed by atoms with Crippen LogP contribution in [-0.2, 0) is 9.53 Å². The Morgan fingerprint density at radius 3 is 2.55 bits per heavy atom. The number of ketones is 1. The van der Waals surface area contributed by atoms with Gasteiger partial charge in [0, 0.05) is 26.2 Å². The van der Waals surface area contributed by atoms with Crippen molar-refractivity contribution < 1.29 is 19.4 Å². The van der Waals surface area contributed by atoms with Crippen LogP contribution in [-0.4, -0.2) is 71.0 Å². The number of ether oxygens (including phenoxy) is 1. The number of hydrogen-bond acceptors (Lipinski definition) is 7. The van der Waals surface area contributed by atoms with Gasteiger partial charge in [0.2, 0.25) is 5.78 Å². The molecular formula is C23H27N3O4S. The molecule has 0 bridgehead atoms. The summed E-state index contributed by atoms with van der Waals surface area (Å²) in [4.78, 5) is 35.2. The van der Waals surface area contributed by atoms with E-state index in [1.54, 1.807) is 11.8 Å². The van der Waals surface area contributed by atoms with Crippen LogP contribution >= 0.6 is 11.3 Å². The van der Waals surface area contributed by atoms with Crippen molar-refractivity contribution in [3.8, 4) is 0 Å². The van der Waals surface area contributed by atoms with Gasteiger partial charge in [0.15, 0.2) is 5.76 Å². The Kier molecular flexibility index (Phi) is 6.50. The van der Waals surface area contributed by atoms with Gasteiger partial charge in [-0.25, -0.2) is 4.98 Å². The molecule has 0 spiro atoms. The number of aliphatic hydroxyl groups is 1. The maximum atomic E-state index is 13.4. The molecule has 1 aromatic heterocycles. The predicted octanol–water partition coefficient (Wildman–Crippen LogP) is 3.06. The number of carbonyl (C=O) groups is 2. The Hall–Kier alpha value is -2.55. The minimum Gasteiger partial charge on any atom is -0.503 e. The summed E-state index contributed by atoms with van der Waals surface area (Å²) in [7, 11) is 0. The highest BCUT2D eigenvalue weighted by atomic mass is 32.1. The molecule has 1 N–H and O–H groups in total. The second-order valence-electron chi connectivity index (χ2n) is 7.86. The van der Waals surface area contributed by atoms with Crippen molar-refractivity contribution >= 4 is 23.0 Å². The first-order valence-corrected chi connectivity index (χ1v) is 11.4. The van der Waals surface area contributed by atoms with Gasteiger partial charge in [-0.1, -0.05) is 30.3 Å². The summed E-state index contributed by atoms with van der Waals surface area (Å²) in [6, 6.07) is 8.84. The topological polar surface area (TPSA) is 83.0 Å². The number of nitrogens with zero attached hydrogens (tertiary/aromatic N) is 3. The molecule has 2 aliphatic heterocycles. The molecule has 1 fully saturated rings. The summed E-state index contributed by atoms with van der Waals surface area (Å²) in [5, 5.41) is 11.5. The fourth-order valence-corrected chi connectivity index (χ4v) is 5.13. The summed E-state index contributed by atoms with van der Waals surface area (Å²) in [5.74, 6) is -1.26. The molecule has 4 rings (SSSR count). The Bertz CT molecular complexity index is 996. The van der Waals surface area contributed by atoms with Crippen molar-refractivity contribution in [3.05, 3.63) is 62.8 Å². The lowest BCUT2D eigenvalue weighted by Crippen LogP contribution is -2.39. The summed E-state index contributed by atoms with van der Waals surface area (Å²) in [6.45, 7) is 8.13. The Labute approximate surface area is 186 Å². The fraction of sp³-hybridized carbons (Fsp3) is 0.435. The monoisotopic (exact) mass is 441 g/mol. The average molecular weight is 442 g/mol. The number of carbonyl (C=O) groups excluding carboxylic acids is 2. The zero-order valence-corrected chi connectivity index (χ0v) is 18.7. The van der Waals surface area contributed by atoms with Crippen LogP contribution in [0.1, 0.15) is 38.4 Å². The molecule has 0 radical (unpaired) electrons. The van der Waals surface area contributed by atoms with Crippen LogP contribution in [0.5, 0.6) is 0 Å². The van der Waals surface area contributed by atoms with Gasteiger partial charge in [-0.15, -0.1) is 11.3 Å². The van der Waals surface area contributed by atoms with Crippen molar-refractivity contribution in [2.24, 2.45) is 0 Å². The summed E-state index contributed by atoms with van der Waals surface area (Å²) < 4.78 is 5.39. The highest BCUT2D eigenvalue weighted by molar-refractivity contribution is 7.14. The molecule has 7 nitrogen and oxygen atoms in total. The number of morpholine rings is 1.